The zero-order valence-corrected chi connectivity index (χ0v) is 9.16. The number of carbonyl (C=O) groups excluding carboxylic acids is 1. The lowest BCUT2D eigenvalue weighted by atomic mass is 9.99. The number of allylic oxidation sites excluding steroid dienone is 1. The highest BCUT2D eigenvalue weighted by molar-refractivity contribution is 5.91. The van der Waals surface area contributed by atoms with Crippen LogP contribution in [0.1, 0.15) is 34.1 Å². The molecule has 1 saturated heterocycles. The highest BCUT2D eigenvalue weighted by atomic mass is 16.1. The molecule has 3 heteroatoms. The van der Waals surface area contributed by atoms with Crippen molar-refractivity contribution in [1.29, 1.82) is 5.26 Å². The Balaban J connectivity index is 3.06. The van der Waals surface area contributed by atoms with Crippen molar-refractivity contribution in [2.75, 3.05) is 0 Å². The highest BCUT2D eigenvalue weighted by Crippen LogP contribution is 2.37. The Kier molecular flexibility index (Phi) is 2.41. The van der Waals surface area contributed by atoms with E-state index in [-0.39, 0.29) is 11.3 Å². The third-order valence-electron chi connectivity index (χ3n) is 2.83. The summed E-state index contributed by atoms with van der Waals surface area (Å²) in [7, 11) is 0. The van der Waals surface area contributed by atoms with Gasteiger partial charge < -0.3 is 4.90 Å². The predicted molar refractivity (Wildman–Crippen MR) is 54.4 cm³/mol. The minimum atomic E-state index is -0.489. The third-order valence-corrected chi connectivity index (χ3v) is 2.83. The highest BCUT2D eigenvalue weighted by Gasteiger charge is 2.49. The zero-order chi connectivity index (χ0) is 11.0. The van der Waals surface area contributed by atoms with Gasteiger partial charge in [-0.1, -0.05) is 0 Å². The molecule has 0 aromatic carbocycles. The summed E-state index contributed by atoms with van der Waals surface area (Å²) in [4.78, 5) is 13.7. The Morgan fingerprint density at radius 2 is 2.00 bits per heavy atom. The molecule has 0 aromatic rings. The Morgan fingerprint density at radius 3 is 2.36 bits per heavy atom. The third kappa shape index (κ3) is 1.52. The number of ketones is 1. The molecular formula is C11H16N2O. The molecule has 1 aliphatic rings. The minimum absolute atomic E-state index is 0.187. The van der Waals surface area contributed by atoms with Crippen molar-refractivity contribution in [1.82, 2.24) is 4.90 Å². The van der Waals surface area contributed by atoms with Crippen LogP contribution in [0.4, 0.5) is 0 Å². The number of nitrogens with zero attached hydrogens (tertiary/aromatic N) is 2. The molecule has 0 amide bonds. The number of nitriles is 1. The lowest BCUT2D eigenvalue weighted by Gasteiger charge is -2.38. The first-order valence-electron chi connectivity index (χ1n) is 4.71. The largest absolute Gasteiger partial charge is 0.359 e. The molecule has 1 fully saturated rings. The summed E-state index contributed by atoms with van der Waals surface area (Å²) in [5, 5.41) is 8.48. The van der Waals surface area contributed by atoms with Crippen molar-refractivity contribution in [2.45, 2.75) is 45.2 Å². The van der Waals surface area contributed by atoms with Gasteiger partial charge in [0.1, 0.15) is 0 Å². The molecule has 76 valence electrons. The molecule has 14 heavy (non-hydrogen) atoms. The topological polar surface area (TPSA) is 44.1 Å². The number of rotatable bonds is 1. The maximum atomic E-state index is 11.7. The molecule has 0 saturated carbocycles. The maximum Gasteiger partial charge on any atom is 0.160 e. The van der Waals surface area contributed by atoms with Gasteiger partial charge in [0.05, 0.1) is 11.6 Å². The minimum Gasteiger partial charge on any atom is -0.359 e. The van der Waals surface area contributed by atoms with Crippen LogP contribution < -0.4 is 0 Å². The summed E-state index contributed by atoms with van der Waals surface area (Å²) in [6, 6.07) is 1.95. The smallest absolute Gasteiger partial charge is 0.160 e. The van der Waals surface area contributed by atoms with Gasteiger partial charge in [-0.3, -0.25) is 4.79 Å². The van der Waals surface area contributed by atoms with E-state index in [9.17, 15) is 4.79 Å². The average molecular weight is 192 g/mol. The molecule has 0 radical (unpaired) electrons. The van der Waals surface area contributed by atoms with Gasteiger partial charge >= 0.3 is 0 Å². The van der Waals surface area contributed by atoms with Gasteiger partial charge in [0.15, 0.2) is 5.78 Å². The van der Waals surface area contributed by atoms with Crippen molar-refractivity contribution in [3.05, 3.63) is 12.3 Å². The lowest BCUT2D eigenvalue weighted by molar-refractivity contribution is -0.122. The van der Waals surface area contributed by atoms with Gasteiger partial charge in [0.25, 0.3) is 0 Å². The molecule has 0 aliphatic carbocycles. The zero-order valence-electron chi connectivity index (χ0n) is 9.16. The number of carbonyl (C=O) groups is 1. The monoisotopic (exact) mass is 192 g/mol. The first kappa shape index (κ1) is 10.8. The van der Waals surface area contributed by atoms with Gasteiger partial charge in [0, 0.05) is 24.2 Å². The first-order valence-corrected chi connectivity index (χ1v) is 4.71. The van der Waals surface area contributed by atoms with Crippen LogP contribution in [0.5, 0.6) is 0 Å². The van der Waals surface area contributed by atoms with Crippen LogP contribution in [0.25, 0.3) is 0 Å². The second-order valence-corrected chi connectivity index (χ2v) is 4.79. The fraction of sp³-hybridized carbons (Fsp3) is 0.636. The molecule has 1 rings (SSSR count). The van der Waals surface area contributed by atoms with Crippen molar-refractivity contribution in [3.63, 3.8) is 0 Å². The van der Waals surface area contributed by atoms with Gasteiger partial charge in [-0.25, -0.2) is 0 Å². The summed E-state index contributed by atoms with van der Waals surface area (Å²) in [6.45, 7) is 7.82. The van der Waals surface area contributed by atoms with E-state index in [1.165, 1.54) is 6.08 Å². The molecule has 0 atom stereocenters. The number of hydrogen-bond acceptors (Lipinski definition) is 3. The van der Waals surface area contributed by atoms with Crippen molar-refractivity contribution in [2.24, 2.45) is 0 Å². The molecule has 0 aromatic heterocycles. The van der Waals surface area contributed by atoms with Crippen LogP contribution in [0, 0.1) is 11.3 Å². The molecule has 0 spiro atoms. The van der Waals surface area contributed by atoms with Gasteiger partial charge in [0.2, 0.25) is 0 Å². The van der Waals surface area contributed by atoms with E-state index in [4.69, 9.17) is 5.26 Å². The van der Waals surface area contributed by atoms with E-state index in [2.05, 4.69) is 0 Å². The molecule has 3 nitrogen and oxygen atoms in total. The molecular weight excluding hydrogens is 176 g/mol. The van der Waals surface area contributed by atoms with Gasteiger partial charge in [-0.05, 0) is 27.7 Å². The molecule has 0 N–H and O–H groups in total. The van der Waals surface area contributed by atoms with Crippen molar-refractivity contribution < 1.29 is 4.79 Å². The van der Waals surface area contributed by atoms with Crippen LogP contribution in [-0.4, -0.2) is 21.8 Å². The summed E-state index contributed by atoms with van der Waals surface area (Å²) in [5.74, 6) is 0.227. The molecule has 1 heterocycles. The van der Waals surface area contributed by atoms with Gasteiger partial charge in [-0.15, -0.1) is 0 Å². The lowest BCUT2D eigenvalue weighted by Crippen LogP contribution is -2.46. The maximum absolute atomic E-state index is 11.7. The number of hydrogen-bond donors (Lipinski definition) is 0. The fourth-order valence-electron chi connectivity index (χ4n) is 2.08. The quantitative estimate of drug-likeness (QED) is 0.595. The Bertz CT molecular complexity index is 321. The van der Waals surface area contributed by atoms with E-state index in [0.717, 1.165) is 0 Å². The molecule has 0 unspecified atom stereocenters. The van der Waals surface area contributed by atoms with Crippen LogP contribution in [-0.2, 0) is 4.79 Å². The van der Waals surface area contributed by atoms with Crippen LogP contribution in [0.3, 0.4) is 0 Å². The molecule has 1 aliphatic heterocycles. The van der Waals surface area contributed by atoms with Crippen molar-refractivity contribution in [3.8, 4) is 6.07 Å². The Labute approximate surface area is 85.0 Å². The van der Waals surface area contributed by atoms with Crippen LogP contribution >= 0.6 is 0 Å². The summed E-state index contributed by atoms with van der Waals surface area (Å²) in [5.41, 5.74) is -0.676. The summed E-state index contributed by atoms with van der Waals surface area (Å²) >= 11 is 0. The number of likely N-dealkylation sites (tertiary alicyclic amines) is 1. The standard InChI is InChI=1S/C11H16N2O/c1-10(2)8-9(14)11(3,4)13(10)7-5-6-12/h5,7H,8H2,1-4H3/b7-5-. The van der Waals surface area contributed by atoms with Crippen molar-refractivity contribution >= 4 is 5.78 Å². The molecule has 0 bridgehead atoms. The summed E-state index contributed by atoms with van der Waals surface area (Å²) < 4.78 is 0. The fourth-order valence-corrected chi connectivity index (χ4v) is 2.08. The number of Topliss-reactive ketones (excluding diaryl/α,β-unsaturated/α-hetero) is 1. The van der Waals surface area contributed by atoms with Gasteiger partial charge in [-0.2, -0.15) is 5.26 Å². The van der Waals surface area contributed by atoms with E-state index in [1.54, 1.807) is 6.20 Å². The second-order valence-electron chi connectivity index (χ2n) is 4.79. The Morgan fingerprint density at radius 1 is 1.43 bits per heavy atom. The van der Waals surface area contributed by atoms with E-state index in [0.29, 0.717) is 6.42 Å². The van der Waals surface area contributed by atoms with Crippen LogP contribution in [0.2, 0.25) is 0 Å². The van der Waals surface area contributed by atoms with E-state index in [1.807, 2.05) is 38.7 Å². The first-order chi connectivity index (χ1) is 6.32. The second kappa shape index (κ2) is 3.13. The van der Waals surface area contributed by atoms with Crippen LogP contribution in [0.15, 0.2) is 12.3 Å². The normalized spacial score (nSPS) is 24.2. The average Bonchev–Trinajstić information content (AvgIpc) is 2.16. The van der Waals surface area contributed by atoms with E-state index < -0.39 is 5.54 Å². The predicted octanol–water partition coefficient (Wildman–Crippen LogP) is 1.86. The van der Waals surface area contributed by atoms with E-state index >= 15 is 0 Å². The Hall–Kier alpha value is -1.30. The summed E-state index contributed by atoms with van der Waals surface area (Å²) in [6.07, 6.45) is 3.67. The SMILES string of the molecule is CC1(C)CC(=O)C(C)(C)N1/C=C\C#N.